The Morgan fingerprint density at radius 2 is 1.60 bits per heavy atom. The van der Waals surface area contributed by atoms with E-state index >= 15 is 0 Å². The summed E-state index contributed by atoms with van der Waals surface area (Å²) < 4.78 is 2.18. The Balaban J connectivity index is 0.00000120. The van der Waals surface area contributed by atoms with Crippen LogP contribution in [-0.2, 0) is 15.1 Å². The molecular weight excluding hydrogens is 586 g/mol. The summed E-state index contributed by atoms with van der Waals surface area (Å²) in [6, 6.07) is 21.4. The van der Waals surface area contributed by atoms with Crippen LogP contribution in [0.25, 0.3) is 28.7 Å². The first-order chi connectivity index (χ1) is 22.7. The highest BCUT2D eigenvalue weighted by Crippen LogP contribution is 2.39. The van der Waals surface area contributed by atoms with Crippen molar-refractivity contribution in [3.05, 3.63) is 101 Å². The zero-order valence-electron chi connectivity index (χ0n) is 28.1. The number of nitrogen functional groups attached to an aromatic ring is 1. The molecule has 2 aromatic carbocycles. The number of hydrogen-bond acceptors (Lipinski definition) is 8. The van der Waals surface area contributed by atoms with Gasteiger partial charge in [-0.3, -0.25) is 4.57 Å². The van der Waals surface area contributed by atoms with Crippen molar-refractivity contribution in [1.29, 1.82) is 0 Å². The van der Waals surface area contributed by atoms with Crippen molar-refractivity contribution in [3.63, 3.8) is 0 Å². The van der Waals surface area contributed by atoms with Gasteiger partial charge in [-0.1, -0.05) is 35.9 Å². The molecule has 2 aliphatic rings. The van der Waals surface area contributed by atoms with Crippen LogP contribution < -0.4 is 16.4 Å². The van der Waals surface area contributed by atoms with Crippen LogP contribution in [-0.4, -0.2) is 66.2 Å². The highest BCUT2D eigenvalue weighted by atomic mass is 16.1. The Labute approximate surface area is 278 Å². The summed E-state index contributed by atoms with van der Waals surface area (Å²) in [5.41, 5.74) is 22.7. The SMILES string of the molecule is C=O.C=O.CC(C)=C(/C=C\c1nc(-c2cccnc2N)n(-c2ccc(C3(N)CCC3)cc2)c1C)c1cccc(N2CCN(C)CC2)c1. The number of rotatable bonds is 7. The number of allylic oxidation sites excluding steroid dienone is 3. The van der Waals surface area contributed by atoms with Gasteiger partial charge in [-0.15, -0.1) is 0 Å². The van der Waals surface area contributed by atoms with E-state index in [4.69, 9.17) is 26.0 Å². The predicted molar refractivity (Wildman–Crippen MR) is 193 cm³/mol. The summed E-state index contributed by atoms with van der Waals surface area (Å²) in [5.74, 6) is 1.24. The molecule has 0 spiro atoms. The van der Waals surface area contributed by atoms with Crippen molar-refractivity contribution in [1.82, 2.24) is 19.4 Å². The maximum Gasteiger partial charge on any atom is 0.149 e. The average Bonchev–Trinajstić information content (AvgIpc) is 3.41. The van der Waals surface area contributed by atoms with E-state index in [1.165, 1.54) is 34.4 Å². The van der Waals surface area contributed by atoms with Gasteiger partial charge in [-0.2, -0.15) is 0 Å². The predicted octanol–water partition coefficient (Wildman–Crippen LogP) is 6.05. The number of carbonyl (C=O) groups excluding carboxylic acids is 2. The molecule has 246 valence electrons. The number of nitrogens with zero attached hydrogens (tertiary/aromatic N) is 5. The second-order valence-electron chi connectivity index (χ2n) is 12.3. The molecule has 6 rings (SSSR count). The Hall–Kier alpha value is -4.86. The van der Waals surface area contributed by atoms with E-state index in [0.717, 1.165) is 67.5 Å². The van der Waals surface area contributed by atoms with Gasteiger partial charge in [0.15, 0.2) is 0 Å². The Kier molecular flexibility index (Phi) is 11.6. The number of carbonyl (C=O) groups is 2. The van der Waals surface area contributed by atoms with Gasteiger partial charge in [0.2, 0.25) is 0 Å². The molecule has 9 heteroatoms. The van der Waals surface area contributed by atoms with Crippen LogP contribution in [0, 0.1) is 6.92 Å². The third-order valence-electron chi connectivity index (χ3n) is 9.14. The van der Waals surface area contributed by atoms with Gasteiger partial charge >= 0.3 is 0 Å². The lowest BCUT2D eigenvalue weighted by atomic mass is 9.73. The Bertz CT molecular complexity index is 1710. The minimum absolute atomic E-state index is 0.199. The standard InChI is InChI=1S/C36H43N7.2CH2O/c1-25(2)31(27-8-5-9-30(24-27)42-22-20-41(4)21-23-42)15-16-33-26(3)43(35(40-33)32-10-6-19-39-34(32)37)29-13-11-28(12-14-29)36(38)17-7-18-36;2*1-2/h5-6,8-16,19,24H,7,17-18,20-23,38H2,1-4H3,(H2,37,39);2*1H2/b16-15-;;. The number of piperazine rings is 1. The Morgan fingerprint density at radius 3 is 2.19 bits per heavy atom. The molecule has 1 aliphatic carbocycles. The summed E-state index contributed by atoms with van der Waals surface area (Å²) in [4.78, 5) is 30.4. The first kappa shape index (κ1) is 35.0. The van der Waals surface area contributed by atoms with Gasteiger partial charge in [0.1, 0.15) is 25.2 Å². The molecule has 4 N–H and O–H groups in total. The monoisotopic (exact) mass is 633 g/mol. The number of benzene rings is 2. The van der Waals surface area contributed by atoms with Gasteiger partial charge < -0.3 is 30.9 Å². The third kappa shape index (κ3) is 7.59. The van der Waals surface area contributed by atoms with Crippen molar-refractivity contribution in [3.8, 4) is 17.1 Å². The van der Waals surface area contributed by atoms with Crippen molar-refractivity contribution < 1.29 is 9.59 Å². The summed E-state index contributed by atoms with van der Waals surface area (Å²) >= 11 is 0. The number of anilines is 2. The molecule has 2 fully saturated rings. The van der Waals surface area contributed by atoms with Gasteiger partial charge in [0.25, 0.3) is 0 Å². The highest BCUT2D eigenvalue weighted by molar-refractivity contribution is 5.82. The zero-order chi connectivity index (χ0) is 34.1. The van der Waals surface area contributed by atoms with Crippen LogP contribution in [0.15, 0.2) is 78.5 Å². The van der Waals surface area contributed by atoms with Crippen LogP contribution in [0.5, 0.6) is 0 Å². The van der Waals surface area contributed by atoms with Crippen molar-refractivity contribution >= 4 is 36.7 Å². The first-order valence-corrected chi connectivity index (χ1v) is 15.9. The largest absolute Gasteiger partial charge is 0.383 e. The first-order valence-electron chi connectivity index (χ1n) is 15.9. The van der Waals surface area contributed by atoms with Crippen LogP contribution in [0.1, 0.15) is 55.6 Å². The average molecular weight is 634 g/mol. The fourth-order valence-corrected chi connectivity index (χ4v) is 6.22. The molecule has 1 saturated carbocycles. The maximum absolute atomic E-state index is 8.00. The molecule has 0 atom stereocenters. The topological polar surface area (TPSA) is 123 Å². The fourth-order valence-electron chi connectivity index (χ4n) is 6.22. The second-order valence-corrected chi connectivity index (χ2v) is 12.3. The lowest BCUT2D eigenvalue weighted by Gasteiger charge is -2.38. The van der Waals surface area contributed by atoms with Gasteiger partial charge in [0, 0.05) is 55.0 Å². The molecular formula is C38H47N7O2. The minimum atomic E-state index is -0.199. The summed E-state index contributed by atoms with van der Waals surface area (Å²) in [5, 5.41) is 0. The molecule has 4 aromatic rings. The van der Waals surface area contributed by atoms with Crippen molar-refractivity contribution in [2.24, 2.45) is 5.73 Å². The molecule has 0 unspecified atom stereocenters. The molecule has 2 aromatic heterocycles. The number of pyridine rings is 1. The van der Waals surface area contributed by atoms with E-state index in [2.05, 4.69) is 108 Å². The molecule has 47 heavy (non-hydrogen) atoms. The Morgan fingerprint density at radius 1 is 0.915 bits per heavy atom. The number of hydrogen-bond donors (Lipinski definition) is 2. The van der Waals surface area contributed by atoms with Crippen molar-refractivity contribution in [2.75, 3.05) is 43.9 Å². The summed E-state index contributed by atoms with van der Waals surface area (Å²) in [7, 11) is 2.19. The lowest BCUT2D eigenvalue weighted by Crippen LogP contribution is -2.44. The lowest BCUT2D eigenvalue weighted by molar-refractivity contribution is -0.0987. The number of nitrogens with two attached hydrogens (primary N) is 2. The molecule has 0 amide bonds. The molecule has 0 radical (unpaired) electrons. The molecule has 1 aliphatic heterocycles. The number of likely N-dealkylation sites (N-methyl/N-ethyl adjacent to an activating group) is 1. The summed E-state index contributed by atoms with van der Waals surface area (Å²) in [6.07, 6.45) is 9.30. The van der Waals surface area contributed by atoms with Crippen LogP contribution in [0.4, 0.5) is 11.5 Å². The third-order valence-corrected chi connectivity index (χ3v) is 9.14. The molecule has 9 nitrogen and oxygen atoms in total. The number of aromatic nitrogens is 3. The van der Waals surface area contributed by atoms with E-state index in [1.807, 2.05) is 25.7 Å². The van der Waals surface area contributed by atoms with Crippen molar-refractivity contribution in [2.45, 2.75) is 45.6 Å². The van der Waals surface area contributed by atoms with E-state index in [-0.39, 0.29) is 5.54 Å². The van der Waals surface area contributed by atoms with E-state index in [0.29, 0.717) is 5.82 Å². The van der Waals surface area contributed by atoms with Gasteiger partial charge in [-0.25, -0.2) is 9.97 Å². The smallest absolute Gasteiger partial charge is 0.149 e. The van der Waals surface area contributed by atoms with Crippen LogP contribution >= 0.6 is 0 Å². The maximum atomic E-state index is 8.00. The quantitative estimate of drug-likeness (QED) is 0.236. The van der Waals surface area contributed by atoms with E-state index in [9.17, 15) is 0 Å². The molecule has 0 bridgehead atoms. The van der Waals surface area contributed by atoms with E-state index in [1.54, 1.807) is 6.20 Å². The van der Waals surface area contributed by atoms with Gasteiger partial charge in [0.05, 0.1) is 11.3 Å². The fraction of sp³-hybridized carbons (Fsp3) is 0.316. The van der Waals surface area contributed by atoms with E-state index < -0.39 is 0 Å². The highest BCUT2D eigenvalue weighted by Gasteiger charge is 2.34. The van der Waals surface area contributed by atoms with Crippen LogP contribution in [0.2, 0.25) is 0 Å². The molecule has 1 saturated heterocycles. The minimum Gasteiger partial charge on any atom is -0.383 e. The normalized spacial score (nSPS) is 15.6. The van der Waals surface area contributed by atoms with Gasteiger partial charge in [-0.05, 0) is 106 Å². The second kappa shape index (κ2) is 15.6. The number of imidazole rings is 1. The zero-order valence-corrected chi connectivity index (χ0v) is 28.1. The summed E-state index contributed by atoms with van der Waals surface area (Å²) in [6.45, 7) is 14.7. The van der Waals surface area contributed by atoms with Crippen LogP contribution in [0.3, 0.4) is 0 Å². The molecule has 3 heterocycles.